The van der Waals surface area contributed by atoms with Gasteiger partial charge in [0.1, 0.15) is 5.82 Å². The summed E-state index contributed by atoms with van der Waals surface area (Å²) in [4.78, 5) is 24.7. The molecule has 1 N–H and O–H groups in total. The maximum absolute atomic E-state index is 13.0. The number of unbranched alkanes of at least 4 members (excludes halogenated alkanes) is 1. The molecule has 0 unspecified atom stereocenters. The number of anilines is 1. The summed E-state index contributed by atoms with van der Waals surface area (Å²) in [5, 5.41) is 2.86. The summed E-state index contributed by atoms with van der Waals surface area (Å²) >= 11 is 0. The summed E-state index contributed by atoms with van der Waals surface area (Å²) in [6.45, 7) is 2.43. The van der Waals surface area contributed by atoms with Crippen LogP contribution in [0.5, 0.6) is 0 Å². The highest BCUT2D eigenvalue weighted by Crippen LogP contribution is 2.13. The van der Waals surface area contributed by atoms with Gasteiger partial charge in [-0.05, 0) is 54.3 Å². The van der Waals surface area contributed by atoms with Crippen LogP contribution in [0, 0.1) is 5.82 Å². The first-order valence-corrected chi connectivity index (χ1v) is 9.40. The maximum Gasteiger partial charge on any atom is 0.257 e. The minimum Gasteiger partial charge on any atom is -0.322 e. The quantitative estimate of drug-likeness (QED) is 0.652. The predicted octanol–water partition coefficient (Wildman–Crippen LogP) is 4.63. The molecule has 0 spiro atoms. The van der Waals surface area contributed by atoms with Crippen molar-refractivity contribution < 1.29 is 9.18 Å². The number of halogens is 1. The van der Waals surface area contributed by atoms with E-state index in [-0.39, 0.29) is 23.8 Å². The summed E-state index contributed by atoms with van der Waals surface area (Å²) < 4.78 is 14.5. The van der Waals surface area contributed by atoms with Gasteiger partial charge in [-0.15, -0.1) is 0 Å². The van der Waals surface area contributed by atoms with E-state index in [4.69, 9.17) is 0 Å². The Morgan fingerprint density at radius 1 is 0.964 bits per heavy atom. The predicted molar refractivity (Wildman–Crippen MR) is 109 cm³/mol. The number of carbonyl (C=O) groups excluding carboxylic acids is 1. The number of amides is 1. The largest absolute Gasteiger partial charge is 0.322 e. The van der Waals surface area contributed by atoms with E-state index in [9.17, 15) is 14.0 Å². The Balaban J connectivity index is 1.71. The lowest BCUT2D eigenvalue weighted by Gasteiger charge is -2.10. The van der Waals surface area contributed by atoms with E-state index in [0.717, 1.165) is 24.8 Å². The molecule has 4 nitrogen and oxygen atoms in total. The molecule has 0 aliphatic carbocycles. The van der Waals surface area contributed by atoms with Crippen LogP contribution in [0.15, 0.2) is 71.7 Å². The summed E-state index contributed by atoms with van der Waals surface area (Å²) in [6, 6.07) is 16.6. The summed E-state index contributed by atoms with van der Waals surface area (Å²) in [5.74, 6) is -0.612. The summed E-state index contributed by atoms with van der Waals surface area (Å²) in [5.41, 5.74) is 2.90. The van der Waals surface area contributed by atoms with Gasteiger partial charge >= 0.3 is 0 Å². The Bertz CT molecular complexity index is 992. The molecule has 0 aliphatic heterocycles. The van der Waals surface area contributed by atoms with Gasteiger partial charge in [0.2, 0.25) is 0 Å². The minimum atomic E-state index is -0.329. The fraction of sp³-hybridized carbons (Fsp3) is 0.217. The highest BCUT2D eigenvalue weighted by atomic mass is 19.1. The van der Waals surface area contributed by atoms with Crippen molar-refractivity contribution in [1.29, 1.82) is 0 Å². The number of aryl methyl sites for hydroxylation is 1. The SMILES string of the molecule is CCCCc1ccc(NC(=O)c2ccc(=O)n(Cc3ccc(F)cc3)c2)cc1. The zero-order valence-electron chi connectivity index (χ0n) is 15.8. The van der Waals surface area contributed by atoms with Crippen LogP contribution in [0.4, 0.5) is 10.1 Å². The second-order valence-corrected chi connectivity index (χ2v) is 6.76. The molecule has 1 amide bonds. The van der Waals surface area contributed by atoms with Crippen LogP contribution in [0.1, 0.15) is 41.3 Å². The molecule has 2 aromatic carbocycles. The van der Waals surface area contributed by atoms with E-state index in [0.29, 0.717) is 11.3 Å². The third kappa shape index (κ3) is 5.16. The number of benzene rings is 2. The third-order valence-corrected chi connectivity index (χ3v) is 4.54. The number of nitrogens with one attached hydrogen (secondary N) is 1. The molecule has 5 heteroatoms. The van der Waals surface area contributed by atoms with E-state index in [1.807, 2.05) is 24.3 Å². The number of hydrogen-bond acceptors (Lipinski definition) is 2. The lowest BCUT2D eigenvalue weighted by molar-refractivity contribution is 0.102. The lowest BCUT2D eigenvalue weighted by Crippen LogP contribution is -2.22. The molecule has 0 atom stereocenters. The molecular formula is C23H23FN2O2. The van der Waals surface area contributed by atoms with Crippen LogP contribution < -0.4 is 10.9 Å². The molecular weight excluding hydrogens is 355 g/mol. The average Bonchev–Trinajstić information content (AvgIpc) is 2.70. The summed E-state index contributed by atoms with van der Waals surface area (Å²) in [6.07, 6.45) is 4.84. The van der Waals surface area contributed by atoms with Gasteiger partial charge in [0.15, 0.2) is 0 Å². The standard InChI is InChI=1S/C23H23FN2O2/c1-2-3-4-17-7-12-21(13-8-17)25-23(28)19-9-14-22(27)26(16-19)15-18-5-10-20(24)11-6-18/h5-14,16H,2-4,15H2,1H3,(H,25,28). The van der Waals surface area contributed by atoms with E-state index < -0.39 is 0 Å². The summed E-state index contributed by atoms with van der Waals surface area (Å²) in [7, 11) is 0. The molecule has 0 saturated heterocycles. The average molecular weight is 378 g/mol. The van der Waals surface area contributed by atoms with Crippen LogP contribution in [-0.2, 0) is 13.0 Å². The Labute approximate surface area is 163 Å². The van der Waals surface area contributed by atoms with E-state index >= 15 is 0 Å². The topological polar surface area (TPSA) is 51.1 Å². The molecule has 3 aromatic rings. The number of pyridine rings is 1. The van der Waals surface area contributed by atoms with Crippen LogP contribution in [0.2, 0.25) is 0 Å². The molecule has 0 saturated carbocycles. The Morgan fingerprint density at radius 2 is 1.64 bits per heavy atom. The molecule has 28 heavy (non-hydrogen) atoms. The van der Waals surface area contributed by atoms with Gasteiger partial charge < -0.3 is 9.88 Å². The fourth-order valence-corrected chi connectivity index (χ4v) is 2.91. The van der Waals surface area contributed by atoms with Gasteiger partial charge in [-0.1, -0.05) is 37.6 Å². The van der Waals surface area contributed by atoms with Crippen LogP contribution in [0.3, 0.4) is 0 Å². The van der Waals surface area contributed by atoms with Gasteiger partial charge in [-0.2, -0.15) is 0 Å². The molecule has 1 aromatic heterocycles. The molecule has 3 rings (SSSR count). The van der Waals surface area contributed by atoms with Crippen molar-refractivity contribution in [2.45, 2.75) is 32.7 Å². The van der Waals surface area contributed by atoms with Gasteiger partial charge in [0.05, 0.1) is 12.1 Å². The molecule has 1 heterocycles. The van der Waals surface area contributed by atoms with E-state index in [1.54, 1.807) is 12.1 Å². The van der Waals surface area contributed by atoms with Crippen molar-refractivity contribution in [3.63, 3.8) is 0 Å². The lowest BCUT2D eigenvalue weighted by atomic mass is 10.1. The number of nitrogens with zero attached hydrogens (tertiary/aromatic N) is 1. The van der Waals surface area contributed by atoms with E-state index in [1.165, 1.54) is 40.6 Å². The molecule has 144 valence electrons. The maximum atomic E-state index is 13.0. The molecule has 0 fully saturated rings. The zero-order valence-corrected chi connectivity index (χ0v) is 15.8. The Hall–Kier alpha value is -3.21. The van der Waals surface area contributed by atoms with Crippen molar-refractivity contribution in [3.05, 3.63) is 99.7 Å². The smallest absolute Gasteiger partial charge is 0.257 e. The van der Waals surface area contributed by atoms with Crippen LogP contribution in [-0.4, -0.2) is 10.5 Å². The molecule has 0 bridgehead atoms. The molecule has 0 radical (unpaired) electrons. The highest BCUT2D eigenvalue weighted by molar-refractivity contribution is 6.04. The second kappa shape index (κ2) is 9.13. The first-order chi connectivity index (χ1) is 13.5. The minimum absolute atomic E-state index is 0.221. The van der Waals surface area contributed by atoms with Crippen LogP contribution in [0.25, 0.3) is 0 Å². The third-order valence-electron chi connectivity index (χ3n) is 4.54. The number of rotatable bonds is 7. The fourth-order valence-electron chi connectivity index (χ4n) is 2.91. The van der Waals surface area contributed by atoms with Gasteiger partial charge in [-0.3, -0.25) is 9.59 Å². The van der Waals surface area contributed by atoms with E-state index in [2.05, 4.69) is 12.2 Å². The number of aromatic nitrogens is 1. The Kier molecular flexibility index (Phi) is 6.37. The van der Waals surface area contributed by atoms with Crippen molar-refractivity contribution in [1.82, 2.24) is 4.57 Å². The number of carbonyl (C=O) groups is 1. The van der Waals surface area contributed by atoms with Gasteiger partial charge in [0.25, 0.3) is 11.5 Å². The second-order valence-electron chi connectivity index (χ2n) is 6.76. The van der Waals surface area contributed by atoms with Crippen molar-refractivity contribution >= 4 is 11.6 Å². The first-order valence-electron chi connectivity index (χ1n) is 9.40. The Morgan fingerprint density at radius 3 is 2.32 bits per heavy atom. The van der Waals surface area contributed by atoms with Gasteiger partial charge in [0, 0.05) is 18.0 Å². The van der Waals surface area contributed by atoms with Crippen molar-refractivity contribution in [3.8, 4) is 0 Å². The normalized spacial score (nSPS) is 10.6. The zero-order chi connectivity index (χ0) is 19.9. The number of hydrogen-bond donors (Lipinski definition) is 1. The first kappa shape index (κ1) is 19.5. The van der Waals surface area contributed by atoms with Crippen molar-refractivity contribution in [2.24, 2.45) is 0 Å². The molecule has 0 aliphatic rings. The monoisotopic (exact) mass is 378 g/mol. The van der Waals surface area contributed by atoms with Gasteiger partial charge in [-0.25, -0.2) is 4.39 Å². The van der Waals surface area contributed by atoms with Crippen LogP contribution >= 0.6 is 0 Å². The van der Waals surface area contributed by atoms with Crippen molar-refractivity contribution in [2.75, 3.05) is 5.32 Å². The highest BCUT2D eigenvalue weighted by Gasteiger charge is 2.09.